The third kappa shape index (κ3) is 3.50. The molecular formula is C15H23BrN2O. The second-order valence-corrected chi connectivity index (χ2v) is 6.02. The highest BCUT2D eigenvalue weighted by Gasteiger charge is 2.21. The van der Waals surface area contributed by atoms with Gasteiger partial charge in [0, 0.05) is 30.7 Å². The summed E-state index contributed by atoms with van der Waals surface area (Å²) in [7, 11) is 3.79. The average Bonchev–Trinajstić information content (AvgIpc) is 2.46. The molecule has 1 aliphatic heterocycles. The molecular weight excluding hydrogens is 304 g/mol. The van der Waals surface area contributed by atoms with E-state index in [1.165, 1.54) is 28.6 Å². The van der Waals surface area contributed by atoms with E-state index in [2.05, 4.69) is 51.3 Å². The summed E-state index contributed by atoms with van der Waals surface area (Å²) in [5.41, 5.74) is 2.58. The molecule has 1 aromatic rings. The van der Waals surface area contributed by atoms with Crippen LogP contribution in [0.4, 0.5) is 5.69 Å². The van der Waals surface area contributed by atoms with Crippen molar-refractivity contribution in [3.63, 3.8) is 0 Å². The number of hydrogen-bond donors (Lipinski definition) is 1. The van der Waals surface area contributed by atoms with Crippen LogP contribution in [0.25, 0.3) is 0 Å². The second kappa shape index (κ2) is 6.73. The minimum atomic E-state index is 0.358. The highest BCUT2D eigenvalue weighted by Crippen LogP contribution is 2.31. The largest absolute Gasteiger partial charge is 0.380 e. The number of nitrogens with one attached hydrogen (secondary N) is 1. The fourth-order valence-corrected chi connectivity index (χ4v) is 3.21. The summed E-state index contributed by atoms with van der Waals surface area (Å²) in [5.74, 6) is 0. The molecule has 19 heavy (non-hydrogen) atoms. The van der Waals surface area contributed by atoms with Crippen molar-refractivity contribution in [1.82, 2.24) is 5.32 Å². The number of anilines is 1. The second-order valence-electron chi connectivity index (χ2n) is 5.17. The molecule has 2 unspecified atom stereocenters. The summed E-state index contributed by atoms with van der Waals surface area (Å²) in [4.78, 5) is 2.41. The normalized spacial score (nSPS) is 21.5. The predicted octanol–water partition coefficient (Wildman–Crippen LogP) is 3.34. The minimum Gasteiger partial charge on any atom is -0.380 e. The molecule has 1 N–H and O–H groups in total. The van der Waals surface area contributed by atoms with Crippen molar-refractivity contribution >= 4 is 21.6 Å². The Labute approximate surface area is 124 Å². The number of hydrogen-bond acceptors (Lipinski definition) is 3. The highest BCUT2D eigenvalue weighted by atomic mass is 79.9. The molecule has 1 heterocycles. The van der Waals surface area contributed by atoms with Crippen LogP contribution in [0, 0.1) is 0 Å². The van der Waals surface area contributed by atoms with E-state index in [9.17, 15) is 0 Å². The van der Waals surface area contributed by atoms with Gasteiger partial charge in [0.2, 0.25) is 0 Å². The van der Waals surface area contributed by atoms with Gasteiger partial charge in [-0.1, -0.05) is 6.07 Å². The van der Waals surface area contributed by atoms with Gasteiger partial charge in [-0.25, -0.2) is 0 Å². The summed E-state index contributed by atoms with van der Waals surface area (Å²) in [6, 6.07) is 7.01. The molecule has 1 aliphatic rings. The number of nitrogens with zero attached hydrogens (tertiary/aromatic N) is 1. The van der Waals surface area contributed by atoms with E-state index in [-0.39, 0.29) is 0 Å². The van der Waals surface area contributed by atoms with Gasteiger partial charge in [-0.3, -0.25) is 0 Å². The van der Waals surface area contributed by atoms with Gasteiger partial charge in [-0.2, -0.15) is 0 Å². The SMILES string of the molecule is CNC(C)c1ccc(N2CCCC(OC)C2)c(Br)c1. The number of rotatable bonds is 4. The number of benzene rings is 1. The standard InChI is InChI=1S/C15H23BrN2O/c1-11(17-2)12-6-7-15(14(16)9-12)18-8-4-5-13(10-18)19-3/h6-7,9,11,13,17H,4-5,8,10H2,1-3H3. The van der Waals surface area contributed by atoms with E-state index in [4.69, 9.17) is 4.74 Å². The Bertz CT molecular complexity index is 425. The van der Waals surface area contributed by atoms with E-state index in [0.29, 0.717) is 12.1 Å². The van der Waals surface area contributed by atoms with E-state index < -0.39 is 0 Å². The molecule has 3 nitrogen and oxygen atoms in total. The zero-order valence-corrected chi connectivity index (χ0v) is 13.5. The first kappa shape index (κ1) is 14.8. The lowest BCUT2D eigenvalue weighted by Crippen LogP contribution is -2.39. The quantitative estimate of drug-likeness (QED) is 0.918. The molecule has 2 rings (SSSR count). The van der Waals surface area contributed by atoms with Gasteiger partial charge < -0.3 is 15.0 Å². The predicted molar refractivity (Wildman–Crippen MR) is 83.9 cm³/mol. The van der Waals surface area contributed by atoms with Crippen molar-refractivity contribution in [1.29, 1.82) is 0 Å². The first-order valence-corrected chi connectivity index (χ1v) is 7.69. The molecule has 0 aliphatic carbocycles. The zero-order chi connectivity index (χ0) is 13.8. The molecule has 1 fully saturated rings. The Balaban J connectivity index is 2.16. The van der Waals surface area contributed by atoms with Gasteiger partial charge >= 0.3 is 0 Å². The number of ether oxygens (including phenoxy) is 1. The molecule has 0 bridgehead atoms. The van der Waals surface area contributed by atoms with Crippen molar-refractivity contribution < 1.29 is 4.74 Å². The smallest absolute Gasteiger partial charge is 0.0746 e. The average molecular weight is 327 g/mol. The van der Waals surface area contributed by atoms with E-state index in [1.807, 2.05) is 7.05 Å². The summed E-state index contributed by atoms with van der Waals surface area (Å²) >= 11 is 3.71. The first-order chi connectivity index (χ1) is 9.15. The summed E-state index contributed by atoms with van der Waals surface area (Å²) < 4.78 is 6.67. The fraction of sp³-hybridized carbons (Fsp3) is 0.600. The maximum Gasteiger partial charge on any atom is 0.0746 e. The van der Waals surface area contributed by atoms with Crippen molar-refractivity contribution in [2.45, 2.75) is 31.9 Å². The van der Waals surface area contributed by atoms with E-state index in [1.54, 1.807) is 7.11 Å². The third-order valence-electron chi connectivity index (χ3n) is 3.96. The summed E-state index contributed by atoms with van der Waals surface area (Å²) in [6.45, 7) is 4.26. The monoisotopic (exact) mass is 326 g/mol. The summed E-state index contributed by atoms with van der Waals surface area (Å²) in [6.07, 6.45) is 2.72. The number of piperidine rings is 1. The molecule has 0 aromatic heterocycles. The minimum absolute atomic E-state index is 0.358. The van der Waals surface area contributed by atoms with Crippen LogP contribution in [-0.2, 0) is 4.74 Å². The van der Waals surface area contributed by atoms with Crippen LogP contribution in [0.15, 0.2) is 22.7 Å². The molecule has 1 aromatic carbocycles. The number of halogens is 1. The molecule has 0 spiro atoms. The number of methoxy groups -OCH3 is 1. The topological polar surface area (TPSA) is 24.5 Å². The van der Waals surface area contributed by atoms with Crippen molar-refractivity contribution in [3.05, 3.63) is 28.2 Å². The molecule has 2 atom stereocenters. The Morgan fingerprint density at radius 1 is 1.47 bits per heavy atom. The van der Waals surface area contributed by atoms with Crippen molar-refractivity contribution in [3.8, 4) is 0 Å². The van der Waals surface area contributed by atoms with Crippen LogP contribution in [-0.4, -0.2) is 33.4 Å². The van der Waals surface area contributed by atoms with E-state index in [0.717, 1.165) is 13.1 Å². The van der Waals surface area contributed by atoms with Crippen LogP contribution in [0.3, 0.4) is 0 Å². The van der Waals surface area contributed by atoms with Crippen LogP contribution < -0.4 is 10.2 Å². The zero-order valence-electron chi connectivity index (χ0n) is 11.9. The van der Waals surface area contributed by atoms with Crippen molar-refractivity contribution in [2.24, 2.45) is 0 Å². The fourth-order valence-electron chi connectivity index (χ4n) is 2.57. The van der Waals surface area contributed by atoms with Crippen LogP contribution in [0.1, 0.15) is 31.4 Å². The van der Waals surface area contributed by atoms with Gasteiger partial charge in [-0.15, -0.1) is 0 Å². The Morgan fingerprint density at radius 2 is 2.26 bits per heavy atom. The first-order valence-electron chi connectivity index (χ1n) is 6.90. The van der Waals surface area contributed by atoms with Gasteiger partial charge in [0.25, 0.3) is 0 Å². The molecule has 4 heteroatoms. The van der Waals surface area contributed by atoms with Crippen LogP contribution in [0.5, 0.6) is 0 Å². The van der Waals surface area contributed by atoms with Crippen LogP contribution >= 0.6 is 15.9 Å². The lowest BCUT2D eigenvalue weighted by atomic mass is 10.0. The molecule has 0 radical (unpaired) electrons. The van der Waals surface area contributed by atoms with Gasteiger partial charge in [-0.05, 0) is 60.4 Å². The van der Waals surface area contributed by atoms with Gasteiger partial charge in [0.1, 0.15) is 0 Å². The van der Waals surface area contributed by atoms with Gasteiger partial charge in [0.15, 0.2) is 0 Å². The molecule has 0 amide bonds. The van der Waals surface area contributed by atoms with Gasteiger partial charge in [0.05, 0.1) is 11.8 Å². The Kier molecular flexibility index (Phi) is 5.25. The lowest BCUT2D eigenvalue weighted by molar-refractivity contribution is 0.0893. The lowest BCUT2D eigenvalue weighted by Gasteiger charge is -2.34. The summed E-state index contributed by atoms with van der Waals surface area (Å²) in [5, 5.41) is 3.27. The maximum absolute atomic E-state index is 5.50. The van der Waals surface area contributed by atoms with Crippen LogP contribution in [0.2, 0.25) is 0 Å². The Morgan fingerprint density at radius 3 is 2.89 bits per heavy atom. The van der Waals surface area contributed by atoms with Crippen molar-refractivity contribution in [2.75, 3.05) is 32.1 Å². The highest BCUT2D eigenvalue weighted by molar-refractivity contribution is 9.10. The third-order valence-corrected chi connectivity index (χ3v) is 4.59. The molecule has 0 saturated carbocycles. The molecule has 106 valence electrons. The Hall–Kier alpha value is -0.580. The molecule has 1 saturated heterocycles. The maximum atomic E-state index is 5.50. The van der Waals surface area contributed by atoms with E-state index >= 15 is 0 Å².